The first-order valence-corrected chi connectivity index (χ1v) is 6.56. The third-order valence-electron chi connectivity index (χ3n) is 1.41. The van der Waals surface area contributed by atoms with Crippen LogP contribution in [0.3, 0.4) is 0 Å². The van der Waals surface area contributed by atoms with Gasteiger partial charge in [0.15, 0.2) is 0 Å². The van der Waals surface area contributed by atoms with Crippen molar-refractivity contribution in [1.82, 2.24) is 0 Å². The van der Waals surface area contributed by atoms with Crippen LogP contribution in [0.2, 0.25) is 0 Å². The summed E-state index contributed by atoms with van der Waals surface area (Å²) in [6.45, 7) is 15.3. The average Bonchev–Trinajstić information content (AvgIpc) is 2.07. The zero-order chi connectivity index (χ0) is 11.8. The Hall–Kier alpha value is 0. The highest BCUT2D eigenvalue weighted by Gasteiger charge is 1.69. The zero-order valence-electron chi connectivity index (χ0n) is 11.8. The van der Waals surface area contributed by atoms with E-state index in [1.165, 1.54) is 38.5 Å². The molecule has 0 saturated carbocycles. The molecule has 0 aromatic carbocycles. The van der Waals surface area contributed by atoms with Crippen LogP contribution in [-0.4, -0.2) is 0 Å². The minimum absolute atomic E-state index is 0.833. The Labute approximate surface area is 93.5 Å². The van der Waals surface area contributed by atoms with Gasteiger partial charge in [-0.25, -0.2) is 0 Å². The van der Waals surface area contributed by atoms with Gasteiger partial charge in [0.1, 0.15) is 0 Å². The maximum Gasteiger partial charge on any atom is -0.0500 e. The van der Waals surface area contributed by atoms with Gasteiger partial charge in [-0.15, -0.1) is 0 Å². The van der Waals surface area contributed by atoms with Crippen molar-refractivity contribution in [3.8, 4) is 0 Å². The first-order valence-electron chi connectivity index (χ1n) is 6.56. The maximum atomic E-state index is 2.21. The molecule has 0 aliphatic rings. The third-order valence-corrected chi connectivity index (χ3v) is 1.41. The van der Waals surface area contributed by atoms with Gasteiger partial charge in [0, 0.05) is 0 Å². The van der Waals surface area contributed by atoms with E-state index >= 15 is 0 Å². The van der Waals surface area contributed by atoms with E-state index in [9.17, 15) is 0 Å². The fourth-order valence-electron chi connectivity index (χ4n) is 0.707. The molecular formula is C14H34. The molecule has 0 saturated heterocycles. The van der Waals surface area contributed by atoms with Gasteiger partial charge in [0.05, 0.1) is 0 Å². The molecule has 0 heteroatoms. The lowest BCUT2D eigenvalue weighted by Gasteiger charge is -1.79. The Morgan fingerprint density at radius 3 is 0.714 bits per heavy atom. The molecule has 0 radical (unpaired) electrons. The van der Waals surface area contributed by atoms with Crippen LogP contribution < -0.4 is 0 Å². The average molecular weight is 202 g/mol. The molecule has 0 aliphatic heterocycles. The van der Waals surface area contributed by atoms with Crippen molar-refractivity contribution in [2.75, 3.05) is 0 Å². The zero-order valence-corrected chi connectivity index (χ0v) is 11.8. The summed E-state index contributed by atoms with van der Waals surface area (Å²) in [4.78, 5) is 0. The van der Waals surface area contributed by atoms with Crippen molar-refractivity contribution in [1.29, 1.82) is 0 Å². The van der Waals surface area contributed by atoms with Crippen molar-refractivity contribution < 1.29 is 0 Å². The van der Waals surface area contributed by atoms with Crippen LogP contribution in [0.25, 0.3) is 0 Å². The standard InChI is InChI=1S/2C5H12.C4H10/c2*1-3-5-4-2;1-4(2)3/h2*3-5H2,1-2H3;4H,1-3H3. The highest BCUT2D eigenvalue weighted by atomic mass is 13.8. The smallest absolute Gasteiger partial charge is 0.0500 e. The summed E-state index contributed by atoms with van der Waals surface area (Å²) >= 11 is 0. The van der Waals surface area contributed by atoms with Crippen LogP contribution in [0.4, 0.5) is 0 Å². The predicted molar refractivity (Wildman–Crippen MR) is 70.9 cm³/mol. The quantitative estimate of drug-likeness (QED) is 0.520. The summed E-state index contributed by atoms with van der Waals surface area (Å²) in [7, 11) is 0. The van der Waals surface area contributed by atoms with Crippen molar-refractivity contribution >= 4 is 0 Å². The van der Waals surface area contributed by atoms with Crippen LogP contribution in [0.15, 0.2) is 0 Å². The Kier molecular flexibility index (Phi) is 32.3. The van der Waals surface area contributed by atoms with Crippen LogP contribution in [0, 0.1) is 5.92 Å². The largest absolute Gasteiger partial charge is 0.0654 e. The van der Waals surface area contributed by atoms with Crippen LogP contribution in [0.5, 0.6) is 0 Å². The fraction of sp³-hybridized carbons (Fsp3) is 1.00. The second-order valence-electron chi connectivity index (χ2n) is 4.44. The third kappa shape index (κ3) is 90.8. The molecule has 0 heterocycles. The molecule has 0 unspecified atom stereocenters. The highest BCUT2D eigenvalue weighted by molar-refractivity contribution is 4.24. The topological polar surface area (TPSA) is 0 Å². The molecule has 0 aliphatic carbocycles. The van der Waals surface area contributed by atoms with Gasteiger partial charge in [-0.05, 0) is 5.92 Å². The Morgan fingerprint density at radius 1 is 0.571 bits per heavy atom. The Morgan fingerprint density at radius 2 is 0.714 bits per heavy atom. The van der Waals surface area contributed by atoms with E-state index in [2.05, 4.69) is 48.5 Å². The lowest BCUT2D eigenvalue weighted by Crippen LogP contribution is -1.66. The second kappa shape index (κ2) is 23.1. The Balaban J connectivity index is -0.000000131. The highest BCUT2D eigenvalue weighted by Crippen LogP contribution is 1.88. The number of hydrogen-bond acceptors (Lipinski definition) is 0. The molecule has 0 aromatic heterocycles. The number of rotatable bonds is 4. The van der Waals surface area contributed by atoms with Gasteiger partial charge in [-0.2, -0.15) is 0 Å². The van der Waals surface area contributed by atoms with E-state index in [1.54, 1.807) is 0 Å². The number of hydrogen-bond donors (Lipinski definition) is 0. The summed E-state index contributed by atoms with van der Waals surface area (Å²) in [5.41, 5.74) is 0. The van der Waals surface area contributed by atoms with Gasteiger partial charge in [-0.3, -0.25) is 0 Å². The maximum absolute atomic E-state index is 2.21. The summed E-state index contributed by atoms with van der Waals surface area (Å²) in [6, 6.07) is 0. The summed E-state index contributed by atoms with van der Waals surface area (Å²) < 4.78 is 0. The monoisotopic (exact) mass is 202 g/mol. The summed E-state index contributed by atoms with van der Waals surface area (Å²) in [6.07, 6.45) is 8.15. The lowest BCUT2D eigenvalue weighted by molar-refractivity contribution is 0.737. The first kappa shape index (κ1) is 19.6. The second-order valence-corrected chi connectivity index (χ2v) is 4.44. The molecule has 0 spiro atoms. The van der Waals surface area contributed by atoms with E-state index in [-0.39, 0.29) is 0 Å². The molecule has 0 bridgehead atoms. The molecule has 0 fully saturated rings. The Bertz CT molecular complexity index is 42.3. The molecule has 0 N–H and O–H groups in total. The van der Waals surface area contributed by atoms with Crippen molar-refractivity contribution in [3.63, 3.8) is 0 Å². The molecule has 0 rings (SSSR count). The molecular weight excluding hydrogens is 168 g/mol. The van der Waals surface area contributed by atoms with Crippen LogP contribution >= 0.6 is 0 Å². The van der Waals surface area contributed by atoms with Crippen LogP contribution in [0.1, 0.15) is 87.0 Å². The first-order chi connectivity index (χ1) is 6.56. The van der Waals surface area contributed by atoms with Crippen molar-refractivity contribution in [2.24, 2.45) is 5.92 Å². The predicted octanol–water partition coefficient (Wildman–Crippen LogP) is 6.06. The summed E-state index contributed by atoms with van der Waals surface area (Å²) in [5, 5.41) is 0. The minimum atomic E-state index is 0.833. The molecule has 0 aromatic rings. The van der Waals surface area contributed by atoms with Crippen molar-refractivity contribution in [2.45, 2.75) is 87.0 Å². The van der Waals surface area contributed by atoms with E-state index in [1.807, 2.05) is 0 Å². The summed E-state index contributed by atoms with van der Waals surface area (Å²) in [5.74, 6) is 0.833. The normalized spacial score (nSPS) is 8.57. The molecule has 0 nitrogen and oxygen atoms in total. The molecule has 0 amide bonds. The van der Waals surface area contributed by atoms with Crippen molar-refractivity contribution in [3.05, 3.63) is 0 Å². The van der Waals surface area contributed by atoms with E-state index in [0.29, 0.717) is 0 Å². The SMILES string of the molecule is CC(C)C.CCCCC.CCCCC. The molecule has 90 valence electrons. The van der Waals surface area contributed by atoms with Gasteiger partial charge >= 0.3 is 0 Å². The van der Waals surface area contributed by atoms with E-state index < -0.39 is 0 Å². The van der Waals surface area contributed by atoms with Gasteiger partial charge < -0.3 is 0 Å². The molecule has 14 heavy (non-hydrogen) atoms. The van der Waals surface area contributed by atoms with Gasteiger partial charge in [0.25, 0.3) is 0 Å². The van der Waals surface area contributed by atoms with E-state index in [0.717, 1.165) is 5.92 Å². The van der Waals surface area contributed by atoms with Crippen LogP contribution in [-0.2, 0) is 0 Å². The van der Waals surface area contributed by atoms with Gasteiger partial charge in [0.2, 0.25) is 0 Å². The molecule has 0 atom stereocenters. The van der Waals surface area contributed by atoms with Gasteiger partial charge in [-0.1, -0.05) is 87.0 Å². The number of unbranched alkanes of at least 4 members (excludes halogenated alkanes) is 4. The fourth-order valence-corrected chi connectivity index (χ4v) is 0.707. The van der Waals surface area contributed by atoms with E-state index in [4.69, 9.17) is 0 Å². The lowest BCUT2D eigenvalue weighted by atomic mass is 10.3. The minimum Gasteiger partial charge on any atom is -0.0654 e.